The molecule has 27 heavy (non-hydrogen) atoms. The second-order valence-corrected chi connectivity index (χ2v) is 6.08. The maximum atomic E-state index is 5.74. The second kappa shape index (κ2) is 10.5. The van der Waals surface area contributed by atoms with Crippen LogP contribution in [0.5, 0.6) is 11.5 Å². The largest absolute Gasteiger partial charge is 0.490 e. The topological polar surface area (TPSA) is 77.3 Å². The van der Waals surface area contributed by atoms with E-state index in [-0.39, 0.29) is 0 Å². The molecule has 0 saturated heterocycles. The maximum Gasteiger partial charge on any atom is 0.195 e. The van der Waals surface area contributed by atoms with Crippen molar-refractivity contribution in [2.75, 3.05) is 38.2 Å². The van der Waals surface area contributed by atoms with Crippen LogP contribution in [0.4, 0.5) is 5.69 Å². The third kappa shape index (κ3) is 6.21. The van der Waals surface area contributed by atoms with Crippen LogP contribution in [-0.2, 0) is 11.3 Å². The molecule has 146 valence electrons. The van der Waals surface area contributed by atoms with Crippen molar-refractivity contribution in [1.29, 1.82) is 0 Å². The Bertz CT molecular complexity index is 716. The minimum absolute atomic E-state index is 0.492. The Labute approximate surface area is 159 Å². The minimum Gasteiger partial charge on any atom is -0.490 e. The van der Waals surface area contributed by atoms with Gasteiger partial charge in [-0.2, -0.15) is 0 Å². The highest BCUT2D eigenvalue weighted by atomic mass is 16.5. The fourth-order valence-corrected chi connectivity index (χ4v) is 2.61. The van der Waals surface area contributed by atoms with E-state index in [0.29, 0.717) is 33.0 Å². The molecule has 1 aliphatic heterocycles. The predicted molar refractivity (Wildman–Crippen MR) is 105 cm³/mol. The molecule has 0 amide bonds. The van der Waals surface area contributed by atoms with Gasteiger partial charge in [-0.1, -0.05) is 0 Å². The Kier molecular flexibility index (Phi) is 7.41. The van der Waals surface area contributed by atoms with Crippen molar-refractivity contribution >= 4 is 11.6 Å². The lowest BCUT2D eigenvalue weighted by atomic mass is 10.3. The number of furan rings is 1. The second-order valence-electron chi connectivity index (χ2n) is 6.08. The summed E-state index contributed by atoms with van der Waals surface area (Å²) < 4.78 is 22.2. The zero-order valence-electron chi connectivity index (χ0n) is 15.7. The van der Waals surface area contributed by atoms with Gasteiger partial charge in [0.2, 0.25) is 0 Å². The number of fused-ring (bicyclic) bond motifs is 1. The summed E-state index contributed by atoms with van der Waals surface area (Å²) in [5.74, 6) is 3.12. The van der Waals surface area contributed by atoms with Gasteiger partial charge in [-0.25, -0.2) is 0 Å². The first-order chi connectivity index (χ1) is 13.3. The van der Waals surface area contributed by atoms with E-state index < -0.39 is 0 Å². The SMILES string of the molecule is CCNC(=NCCCOCc1ccco1)Nc1ccc2c(c1)OCCCO2. The summed E-state index contributed by atoms with van der Waals surface area (Å²) in [4.78, 5) is 4.59. The molecule has 0 radical (unpaired) electrons. The molecule has 2 N–H and O–H groups in total. The van der Waals surface area contributed by atoms with E-state index in [9.17, 15) is 0 Å². The first kappa shape index (κ1) is 19.1. The fraction of sp³-hybridized carbons (Fsp3) is 0.450. The number of nitrogens with zero attached hydrogens (tertiary/aromatic N) is 1. The Balaban J connectivity index is 1.47. The van der Waals surface area contributed by atoms with Crippen LogP contribution in [0.25, 0.3) is 0 Å². The zero-order valence-corrected chi connectivity index (χ0v) is 15.7. The van der Waals surface area contributed by atoms with Gasteiger partial charge < -0.3 is 29.3 Å². The summed E-state index contributed by atoms with van der Waals surface area (Å²) in [7, 11) is 0. The van der Waals surface area contributed by atoms with Crippen LogP contribution < -0.4 is 20.1 Å². The minimum atomic E-state index is 0.492. The van der Waals surface area contributed by atoms with Gasteiger partial charge in [0, 0.05) is 37.9 Å². The van der Waals surface area contributed by atoms with Crippen LogP contribution in [-0.4, -0.2) is 38.9 Å². The number of ether oxygens (including phenoxy) is 3. The van der Waals surface area contributed by atoms with Gasteiger partial charge in [-0.15, -0.1) is 0 Å². The molecule has 1 aromatic heterocycles. The molecule has 0 fully saturated rings. The van der Waals surface area contributed by atoms with E-state index in [1.807, 2.05) is 37.3 Å². The molecular formula is C20H27N3O4. The Hall–Kier alpha value is -2.67. The standard InChI is InChI=1S/C20H27N3O4/c1-2-21-20(22-9-4-10-24-15-17-6-3-11-25-17)23-16-7-8-18-19(14-16)27-13-5-12-26-18/h3,6-8,11,14H,2,4-5,9-10,12-13,15H2,1H3,(H2,21,22,23). The summed E-state index contributed by atoms with van der Waals surface area (Å²) in [6, 6.07) is 9.60. The van der Waals surface area contributed by atoms with Crippen molar-refractivity contribution in [3.8, 4) is 11.5 Å². The van der Waals surface area contributed by atoms with Crippen LogP contribution in [0.1, 0.15) is 25.5 Å². The predicted octanol–water partition coefficient (Wildman–Crippen LogP) is 3.43. The average molecular weight is 373 g/mol. The third-order valence-electron chi connectivity index (χ3n) is 3.90. The summed E-state index contributed by atoms with van der Waals surface area (Å²) in [5, 5.41) is 6.56. The summed E-state index contributed by atoms with van der Waals surface area (Å²) in [6.45, 7) is 5.97. The van der Waals surface area contributed by atoms with Crippen LogP contribution in [0, 0.1) is 0 Å². The number of rotatable bonds is 8. The number of nitrogens with one attached hydrogen (secondary N) is 2. The van der Waals surface area contributed by atoms with Crippen LogP contribution in [0.15, 0.2) is 46.0 Å². The van der Waals surface area contributed by atoms with E-state index >= 15 is 0 Å². The van der Waals surface area contributed by atoms with Gasteiger partial charge in [0.1, 0.15) is 12.4 Å². The molecule has 2 aromatic rings. The van der Waals surface area contributed by atoms with E-state index in [1.165, 1.54) is 0 Å². The highest BCUT2D eigenvalue weighted by Crippen LogP contribution is 2.32. The van der Waals surface area contributed by atoms with Crippen molar-refractivity contribution < 1.29 is 18.6 Å². The molecule has 2 heterocycles. The smallest absolute Gasteiger partial charge is 0.195 e. The summed E-state index contributed by atoms with van der Waals surface area (Å²) in [6.07, 6.45) is 3.37. The van der Waals surface area contributed by atoms with Crippen molar-refractivity contribution in [3.63, 3.8) is 0 Å². The van der Waals surface area contributed by atoms with Crippen LogP contribution in [0.3, 0.4) is 0 Å². The first-order valence-electron chi connectivity index (χ1n) is 9.40. The number of hydrogen-bond donors (Lipinski definition) is 2. The molecule has 7 nitrogen and oxygen atoms in total. The summed E-state index contributed by atoms with van der Waals surface area (Å²) in [5.41, 5.74) is 0.910. The lowest BCUT2D eigenvalue weighted by Gasteiger charge is -2.13. The van der Waals surface area contributed by atoms with Gasteiger partial charge in [-0.3, -0.25) is 4.99 Å². The molecule has 0 bridgehead atoms. The highest BCUT2D eigenvalue weighted by Gasteiger charge is 2.11. The third-order valence-corrected chi connectivity index (χ3v) is 3.90. The fourth-order valence-electron chi connectivity index (χ4n) is 2.61. The highest BCUT2D eigenvalue weighted by molar-refractivity contribution is 5.93. The number of aliphatic imine (C=N–C) groups is 1. The first-order valence-corrected chi connectivity index (χ1v) is 9.40. The average Bonchev–Trinajstić information content (AvgIpc) is 3.08. The number of anilines is 1. The maximum absolute atomic E-state index is 5.74. The van der Waals surface area contributed by atoms with E-state index in [2.05, 4.69) is 15.6 Å². The molecule has 0 spiro atoms. The van der Waals surface area contributed by atoms with Gasteiger partial charge in [0.25, 0.3) is 0 Å². The molecular weight excluding hydrogens is 346 g/mol. The normalized spacial score (nSPS) is 13.9. The van der Waals surface area contributed by atoms with E-state index in [0.717, 1.165) is 48.3 Å². The van der Waals surface area contributed by atoms with Gasteiger partial charge in [0.05, 0.1) is 19.5 Å². The molecule has 1 aliphatic rings. The van der Waals surface area contributed by atoms with E-state index in [1.54, 1.807) is 6.26 Å². The molecule has 7 heteroatoms. The number of guanidine groups is 1. The van der Waals surface area contributed by atoms with Gasteiger partial charge >= 0.3 is 0 Å². The van der Waals surface area contributed by atoms with Gasteiger partial charge in [-0.05, 0) is 37.6 Å². The van der Waals surface area contributed by atoms with Crippen molar-refractivity contribution in [1.82, 2.24) is 5.32 Å². The quantitative estimate of drug-likeness (QED) is 0.419. The molecule has 0 atom stereocenters. The van der Waals surface area contributed by atoms with E-state index in [4.69, 9.17) is 18.6 Å². The molecule has 1 aromatic carbocycles. The Morgan fingerprint density at radius 1 is 1.19 bits per heavy atom. The number of hydrogen-bond acceptors (Lipinski definition) is 5. The lowest BCUT2D eigenvalue weighted by Crippen LogP contribution is -2.30. The molecule has 0 saturated carbocycles. The van der Waals surface area contributed by atoms with Crippen molar-refractivity contribution in [3.05, 3.63) is 42.4 Å². The monoisotopic (exact) mass is 373 g/mol. The van der Waals surface area contributed by atoms with Crippen molar-refractivity contribution in [2.24, 2.45) is 4.99 Å². The Morgan fingerprint density at radius 2 is 2.07 bits per heavy atom. The molecule has 0 aliphatic carbocycles. The van der Waals surface area contributed by atoms with Crippen LogP contribution in [0.2, 0.25) is 0 Å². The molecule has 0 unspecified atom stereocenters. The zero-order chi connectivity index (χ0) is 18.7. The number of benzene rings is 1. The Morgan fingerprint density at radius 3 is 2.89 bits per heavy atom. The van der Waals surface area contributed by atoms with Gasteiger partial charge in [0.15, 0.2) is 17.5 Å². The van der Waals surface area contributed by atoms with Crippen LogP contribution >= 0.6 is 0 Å². The molecule has 3 rings (SSSR count). The van der Waals surface area contributed by atoms with Crippen molar-refractivity contribution in [2.45, 2.75) is 26.4 Å². The lowest BCUT2D eigenvalue weighted by molar-refractivity contribution is 0.105. The summed E-state index contributed by atoms with van der Waals surface area (Å²) >= 11 is 0.